The molecular weight excluding hydrogens is 348 g/mol. The second-order valence-corrected chi connectivity index (χ2v) is 7.31. The van der Waals surface area contributed by atoms with Crippen molar-refractivity contribution in [1.29, 1.82) is 0 Å². The average Bonchev–Trinajstić information content (AvgIpc) is 3.19. The van der Waals surface area contributed by atoms with E-state index < -0.39 is 0 Å². The van der Waals surface area contributed by atoms with Crippen molar-refractivity contribution in [1.82, 2.24) is 10.2 Å². The largest absolute Gasteiger partial charge is 0.494 e. The zero-order valence-corrected chi connectivity index (χ0v) is 15.8. The maximum absolute atomic E-state index is 12.5. The Hall–Kier alpha value is -2.34. The van der Waals surface area contributed by atoms with Gasteiger partial charge < -0.3 is 15.0 Å². The van der Waals surface area contributed by atoms with Crippen LogP contribution in [0.15, 0.2) is 41.8 Å². The SMILES string of the molecule is CCOc1ccc(CC(=O)N2CCC(NC(=O)c3cccs3)CC2)cc1. The van der Waals surface area contributed by atoms with Gasteiger partial charge >= 0.3 is 0 Å². The molecule has 1 fully saturated rings. The van der Waals surface area contributed by atoms with Gasteiger partial charge in [0.15, 0.2) is 0 Å². The number of carbonyl (C=O) groups is 2. The number of hydrogen-bond acceptors (Lipinski definition) is 4. The highest BCUT2D eigenvalue weighted by Gasteiger charge is 2.24. The van der Waals surface area contributed by atoms with Gasteiger partial charge in [0.05, 0.1) is 17.9 Å². The van der Waals surface area contributed by atoms with Gasteiger partial charge in [-0.25, -0.2) is 0 Å². The van der Waals surface area contributed by atoms with Crippen LogP contribution in [-0.2, 0) is 11.2 Å². The number of carbonyl (C=O) groups excluding carboxylic acids is 2. The maximum atomic E-state index is 12.5. The summed E-state index contributed by atoms with van der Waals surface area (Å²) in [6, 6.07) is 11.5. The fraction of sp³-hybridized carbons (Fsp3) is 0.400. The van der Waals surface area contributed by atoms with Gasteiger partial charge in [-0.2, -0.15) is 0 Å². The first-order valence-corrected chi connectivity index (χ1v) is 9.87. The maximum Gasteiger partial charge on any atom is 0.261 e. The van der Waals surface area contributed by atoms with Crippen LogP contribution in [0, 0.1) is 0 Å². The van der Waals surface area contributed by atoms with Gasteiger partial charge in [-0.05, 0) is 48.9 Å². The van der Waals surface area contributed by atoms with E-state index in [0.717, 1.165) is 29.0 Å². The summed E-state index contributed by atoms with van der Waals surface area (Å²) < 4.78 is 5.42. The highest BCUT2D eigenvalue weighted by atomic mass is 32.1. The Kier molecular flexibility index (Phi) is 6.28. The van der Waals surface area contributed by atoms with Crippen molar-refractivity contribution in [3.63, 3.8) is 0 Å². The number of likely N-dealkylation sites (tertiary alicyclic amines) is 1. The number of benzene rings is 1. The van der Waals surface area contributed by atoms with Crippen LogP contribution in [-0.4, -0.2) is 42.5 Å². The molecule has 1 aromatic carbocycles. The lowest BCUT2D eigenvalue weighted by Gasteiger charge is -2.32. The van der Waals surface area contributed by atoms with Crippen molar-refractivity contribution in [3.05, 3.63) is 52.2 Å². The number of hydrogen-bond donors (Lipinski definition) is 1. The Balaban J connectivity index is 1.45. The van der Waals surface area contributed by atoms with Crippen molar-refractivity contribution in [2.24, 2.45) is 0 Å². The number of amides is 2. The van der Waals surface area contributed by atoms with Gasteiger partial charge in [-0.3, -0.25) is 9.59 Å². The fourth-order valence-electron chi connectivity index (χ4n) is 3.09. The lowest BCUT2D eigenvalue weighted by molar-refractivity contribution is -0.131. The zero-order chi connectivity index (χ0) is 18.4. The number of nitrogens with one attached hydrogen (secondary N) is 1. The van der Waals surface area contributed by atoms with Crippen LogP contribution in [0.5, 0.6) is 5.75 Å². The third-order valence-electron chi connectivity index (χ3n) is 4.52. The molecule has 1 aromatic heterocycles. The van der Waals surface area contributed by atoms with E-state index in [2.05, 4.69) is 5.32 Å². The van der Waals surface area contributed by atoms with Crippen LogP contribution in [0.4, 0.5) is 0 Å². The van der Waals surface area contributed by atoms with Crippen LogP contribution in [0.25, 0.3) is 0 Å². The Morgan fingerprint density at radius 1 is 1.19 bits per heavy atom. The lowest BCUT2D eigenvalue weighted by Crippen LogP contribution is -2.46. The minimum absolute atomic E-state index is 0.0147. The summed E-state index contributed by atoms with van der Waals surface area (Å²) in [6.45, 7) is 3.96. The first-order valence-electron chi connectivity index (χ1n) is 8.99. The van der Waals surface area contributed by atoms with Crippen LogP contribution >= 0.6 is 11.3 Å². The first kappa shape index (κ1) is 18.5. The summed E-state index contributed by atoms with van der Waals surface area (Å²) in [5.74, 6) is 0.947. The highest BCUT2D eigenvalue weighted by molar-refractivity contribution is 7.12. The van der Waals surface area contributed by atoms with E-state index in [1.54, 1.807) is 0 Å². The van der Waals surface area contributed by atoms with Gasteiger partial charge in [0.2, 0.25) is 5.91 Å². The van der Waals surface area contributed by atoms with Crippen LogP contribution < -0.4 is 10.1 Å². The summed E-state index contributed by atoms with van der Waals surface area (Å²) in [5.41, 5.74) is 0.992. The zero-order valence-electron chi connectivity index (χ0n) is 14.9. The average molecular weight is 372 g/mol. The molecule has 2 aromatic rings. The molecule has 0 saturated carbocycles. The molecule has 1 saturated heterocycles. The summed E-state index contributed by atoms with van der Waals surface area (Å²) in [5, 5.41) is 4.97. The van der Waals surface area contributed by atoms with Gasteiger partial charge in [0.1, 0.15) is 5.75 Å². The molecule has 0 radical (unpaired) electrons. The Labute approximate surface area is 158 Å². The fourth-order valence-corrected chi connectivity index (χ4v) is 3.72. The third kappa shape index (κ3) is 4.85. The predicted molar refractivity (Wildman–Crippen MR) is 103 cm³/mol. The molecule has 2 amide bonds. The van der Waals surface area contributed by atoms with E-state index in [4.69, 9.17) is 4.74 Å². The lowest BCUT2D eigenvalue weighted by atomic mass is 10.0. The minimum atomic E-state index is -0.0147. The number of thiophene rings is 1. The van der Waals surface area contributed by atoms with E-state index in [1.807, 2.05) is 53.6 Å². The summed E-state index contributed by atoms with van der Waals surface area (Å²) >= 11 is 1.44. The molecule has 138 valence electrons. The summed E-state index contributed by atoms with van der Waals surface area (Å²) in [7, 11) is 0. The second-order valence-electron chi connectivity index (χ2n) is 6.36. The van der Waals surface area contributed by atoms with E-state index in [-0.39, 0.29) is 17.9 Å². The molecule has 3 rings (SSSR count). The van der Waals surface area contributed by atoms with Crippen molar-refractivity contribution >= 4 is 23.2 Å². The van der Waals surface area contributed by atoms with E-state index >= 15 is 0 Å². The molecule has 2 heterocycles. The van der Waals surface area contributed by atoms with Crippen molar-refractivity contribution in [3.8, 4) is 5.75 Å². The van der Waals surface area contributed by atoms with Crippen molar-refractivity contribution in [2.75, 3.05) is 19.7 Å². The van der Waals surface area contributed by atoms with Crippen LogP contribution in [0.1, 0.15) is 35.0 Å². The second kappa shape index (κ2) is 8.85. The molecule has 0 unspecified atom stereocenters. The molecule has 1 aliphatic heterocycles. The molecule has 1 N–H and O–H groups in total. The molecule has 26 heavy (non-hydrogen) atoms. The van der Waals surface area contributed by atoms with Crippen LogP contribution in [0.2, 0.25) is 0 Å². The standard InChI is InChI=1S/C20H24N2O3S/c1-2-25-17-7-5-15(6-8-17)14-19(23)22-11-9-16(10-12-22)21-20(24)18-4-3-13-26-18/h3-8,13,16H,2,9-12,14H2,1H3,(H,21,24). The monoisotopic (exact) mass is 372 g/mol. The Bertz CT molecular complexity index is 720. The normalized spacial score (nSPS) is 14.9. The summed E-state index contributed by atoms with van der Waals surface area (Å²) in [4.78, 5) is 27.2. The summed E-state index contributed by atoms with van der Waals surface area (Å²) in [6.07, 6.45) is 2.00. The topological polar surface area (TPSA) is 58.6 Å². The Morgan fingerprint density at radius 2 is 1.92 bits per heavy atom. The number of rotatable bonds is 6. The van der Waals surface area contributed by atoms with Gasteiger partial charge in [0, 0.05) is 19.1 Å². The molecule has 0 atom stereocenters. The Morgan fingerprint density at radius 3 is 2.54 bits per heavy atom. The molecule has 0 bridgehead atoms. The van der Waals surface area contributed by atoms with Gasteiger partial charge in [-0.15, -0.1) is 11.3 Å². The van der Waals surface area contributed by atoms with Gasteiger partial charge in [-0.1, -0.05) is 18.2 Å². The van der Waals surface area contributed by atoms with Crippen molar-refractivity contribution < 1.29 is 14.3 Å². The molecule has 1 aliphatic rings. The van der Waals surface area contributed by atoms with E-state index in [1.165, 1.54) is 11.3 Å². The number of ether oxygens (including phenoxy) is 1. The molecular formula is C20H24N2O3S. The molecule has 6 heteroatoms. The third-order valence-corrected chi connectivity index (χ3v) is 5.39. The van der Waals surface area contributed by atoms with Crippen LogP contribution in [0.3, 0.4) is 0 Å². The highest BCUT2D eigenvalue weighted by Crippen LogP contribution is 2.16. The molecule has 5 nitrogen and oxygen atoms in total. The van der Waals surface area contributed by atoms with E-state index in [0.29, 0.717) is 26.1 Å². The molecule has 0 aliphatic carbocycles. The van der Waals surface area contributed by atoms with Crippen molar-refractivity contribution in [2.45, 2.75) is 32.2 Å². The van der Waals surface area contributed by atoms with Gasteiger partial charge in [0.25, 0.3) is 5.91 Å². The first-order chi connectivity index (χ1) is 12.7. The predicted octanol–water partition coefficient (Wildman–Crippen LogP) is 3.11. The minimum Gasteiger partial charge on any atom is -0.494 e. The number of piperidine rings is 1. The number of nitrogens with zero attached hydrogens (tertiary/aromatic N) is 1. The molecule has 0 spiro atoms. The smallest absolute Gasteiger partial charge is 0.261 e. The quantitative estimate of drug-likeness (QED) is 0.848. The van der Waals surface area contributed by atoms with E-state index in [9.17, 15) is 9.59 Å².